The van der Waals surface area contributed by atoms with Crippen molar-refractivity contribution in [1.82, 2.24) is 0 Å². The third kappa shape index (κ3) is 3.79. The highest BCUT2D eigenvalue weighted by Crippen LogP contribution is 2.32. The van der Waals surface area contributed by atoms with Gasteiger partial charge in [0.25, 0.3) is 5.69 Å². The van der Waals surface area contributed by atoms with Crippen LogP contribution in [-0.4, -0.2) is 23.1 Å². The fourth-order valence-corrected chi connectivity index (χ4v) is 3.77. The van der Waals surface area contributed by atoms with Crippen LogP contribution in [0.25, 0.3) is 0 Å². The van der Waals surface area contributed by atoms with E-state index >= 15 is 0 Å². The fraction of sp³-hybridized carbons (Fsp3) is 0.235. The summed E-state index contributed by atoms with van der Waals surface area (Å²) in [5.74, 6) is 0.695. The lowest BCUT2D eigenvalue weighted by molar-refractivity contribution is -0.384. The summed E-state index contributed by atoms with van der Waals surface area (Å²) in [6.45, 7) is 0.596. The molecule has 2 aromatic carbocycles. The van der Waals surface area contributed by atoms with Crippen LogP contribution in [-0.2, 0) is 11.2 Å². The lowest BCUT2D eigenvalue weighted by Gasteiger charge is -2.17. The van der Waals surface area contributed by atoms with Gasteiger partial charge < -0.3 is 4.90 Å². The maximum Gasteiger partial charge on any atom is 0.271 e. The van der Waals surface area contributed by atoms with E-state index in [2.05, 4.69) is 15.9 Å². The van der Waals surface area contributed by atoms with Crippen molar-refractivity contribution in [3.8, 4) is 0 Å². The molecule has 2 aromatic rings. The molecule has 0 radical (unpaired) electrons. The molecule has 124 valence electrons. The molecule has 1 aliphatic heterocycles. The number of non-ortho nitro benzene ring substituents is 1. The number of halogens is 1. The standard InChI is InChI=1S/C17H15BrN2O3S/c18-13-2-5-15(6-3-13)24-10-8-17(21)19-9-7-12-1-4-14(20(22)23)11-16(12)19/h1-6,11H,7-10H2. The monoisotopic (exact) mass is 406 g/mol. The zero-order valence-corrected chi connectivity index (χ0v) is 15.2. The van der Waals surface area contributed by atoms with Gasteiger partial charge in [0, 0.05) is 40.2 Å². The summed E-state index contributed by atoms with van der Waals surface area (Å²) in [7, 11) is 0. The molecule has 24 heavy (non-hydrogen) atoms. The van der Waals surface area contributed by atoms with E-state index in [-0.39, 0.29) is 11.6 Å². The van der Waals surface area contributed by atoms with Crippen LogP contribution in [0.5, 0.6) is 0 Å². The van der Waals surface area contributed by atoms with Crippen molar-refractivity contribution >= 4 is 45.0 Å². The summed E-state index contributed by atoms with van der Waals surface area (Å²) in [5, 5.41) is 10.9. The zero-order valence-electron chi connectivity index (χ0n) is 12.8. The number of rotatable bonds is 5. The van der Waals surface area contributed by atoms with Crippen molar-refractivity contribution in [3.05, 3.63) is 62.6 Å². The highest BCUT2D eigenvalue weighted by atomic mass is 79.9. The number of anilines is 1. The Kier molecular flexibility index (Phi) is 5.20. The Hall–Kier alpha value is -1.86. The van der Waals surface area contributed by atoms with Gasteiger partial charge in [-0.15, -0.1) is 11.8 Å². The molecule has 1 amide bonds. The normalized spacial score (nSPS) is 13.0. The number of nitrogens with zero attached hydrogens (tertiary/aromatic N) is 2. The van der Waals surface area contributed by atoms with Crippen molar-refractivity contribution in [2.24, 2.45) is 0 Å². The number of nitro benzene ring substituents is 1. The second-order valence-electron chi connectivity index (χ2n) is 5.42. The van der Waals surface area contributed by atoms with Crippen LogP contribution in [0.15, 0.2) is 51.8 Å². The molecule has 0 atom stereocenters. The Morgan fingerprint density at radius 3 is 2.71 bits per heavy atom. The SMILES string of the molecule is O=C(CCSc1ccc(Br)cc1)N1CCc2ccc([N+](=O)[O-])cc21. The van der Waals surface area contributed by atoms with Crippen LogP contribution in [0.4, 0.5) is 11.4 Å². The smallest absolute Gasteiger partial charge is 0.271 e. The van der Waals surface area contributed by atoms with Crippen LogP contribution in [0, 0.1) is 10.1 Å². The van der Waals surface area contributed by atoms with Gasteiger partial charge in [0.1, 0.15) is 0 Å². The summed E-state index contributed by atoms with van der Waals surface area (Å²) in [6.07, 6.45) is 1.15. The first kappa shape index (κ1) is 17.0. The van der Waals surface area contributed by atoms with Crippen molar-refractivity contribution in [2.45, 2.75) is 17.7 Å². The average Bonchev–Trinajstić information content (AvgIpc) is 2.99. The summed E-state index contributed by atoms with van der Waals surface area (Å²) in [6, 6.07) is 12.7. The molecule has 0 N–H and O–H groups in total. The Bertz CT molecular complexity index is 780. The van der Waals surface area contributed by atoms with E-state index in [0.717, 1.165) is 21.4 Å². The first-order chi connectivity index (χ1) is 11.5. The van der Waals surface area contributed by atoms with Crippen molar-refractivity contribution in [2.75, 3.05) is 17.2 Å². The van der Waals surface area contributed by atoms with Gasteiger partial charge in [0.05, 0.1) is 10.6 Å². The first-order valence-electron chi connectivity index (χ1n) is 7.50. The van der Waals surface area contributed by atoms with Crippen molar-refractivity contribution in [3.63, 3.8) is 0 Å². The molecule has 0 bridgehead atoms. The van der Waals surface area contributed by atoms with Crippen LogP contribution in [0.2, 0.25) is 0 Å². The molecule has 3 rings (SSSR count). The maximum atomic E-state index is 12.5. The number of carbonyl (C=O) groups excluding carboxylic acids is 1. The predicted molar refractivity (Wildman–Crippen MR) is 98.6 cm³/mol. The Labute approximate surface area is 152 Å². The van der Waals surface area contributed by atoms with E-state index in [0.29, 0.717) is 24.4 Å². The topological polar surface area (TPSA) is 63.5 Å². The zero-order chi connectivity index (χ0) is 17.1. The summed E-state index contributed by atoms with van der Waals surface area (Å²) in [5.41, 5.74) is 1.70. The summed E-state index contributed by atoms with van der Waals surface area (Å²) < 4.78 is 1.03. The minimum absolute atomic E-state index is 0.0128. The fourth-order valence-electron chi connectivity index (χ4n) is 2.66. The largest absolute Gasteiger partial charge is 0.312 e. The van der Waals surface area contributed by atoms with E-state index < -0.39 is 4.92 Å². The number of nitro groups is 1. The summed E-state index contributed by atoms with van der Waals surface area (Å²) >= 11 is 5.02. The van der Waals surface area contributed by atoms with Gasteiger partial charge in [0.15, 0.2) is 0 Å². The van der Waals surface area contributed by atoms with E-state index in [4.69, 9.17) is 0 Å². The van der Waals surface area contributed by atoms with Crippen molar-refractivity contribution < 1.29 is 9.72 Å². The van der Waals surface area contributed by atoms with Gasteiger partial charge in [-0.05, 0) is 36.2 Å². The molecule has 0 unspecified atom stereocenters. The Balaban J connectivity index is 1.62. The van der Waals surface area contributed by atoms with E-state index in [1.807, 2.05) is 24.3 Å². The van der Waals surface area contributed by atoms with E-state index in [1.54, 1.807) is 22.7 Å². The molecule has 0 saturated heterocycles. The minimum atomic E-state index is -0.426. The molecule has 1 heterocycles. The second kappa shape index (κ2) is 7.36. The maximum absolute atomic E-state index is 12.5. The molecular formula is C17H15BrN2O3S. The number of fused-ring (bicyclic) bond motifs is 1. The summed E-state index contributed by atoms with van der Waals surface area (Å²) in [4.78, 5) is 25.8. The Morgan fingerprint density at radius 1 is 1.25 bits per heavy atom. The van der Waals surface area contributed by atoms with Gasteiger partial charge in [-0.1, -0.05) is 22.0 Å². The van der Waals surface area contributed by atoms with Crippen LogP contribution < -0.4 is 4.90 Å². The number of hydrogen-bond donors (Lipinski definition) is 0. The van der Waals surface area contributed by atoms with Crippen LogP contribution in [0.3, 0.4) is 0 Å². The highest BCUT2D eigenvalue weighted by molar-refractivity contribution is 9.10. The molecular weight excluding hydrogens is 392 g/mol. The predicted octanol–water partition coefficient (Wildman–Crippen LogP) is 4.43. The quantitative estimate of drug-likeness (QED) is 0.418. The molecule has 0 spiro atoms. The van der Waals surface area contributed by atoms with Gasteiger partial charge >= 0.3 is 0 Å². The Morgan fingerprint density at radius 2 is 2.00 bits per heavy atom. The van der Waals surface area contributed by atoms with E-state index in [9.17, 15) is 14.9 Å². The minimum Gasteiger partial charge on any atom is -0.312 e. The van der Waals surface area contributed by atoms with Gasteiger partial charge in [-0.2, -0.15) is 0 Å². The lowest BCUT2D eigenvalue weighted by Crippen LogP contribution is -2.29. The van der Waals surface area contributed by atoms with Crippen LogP contribution in [0.1, 0.15) is 12.0 Å². The number of benzene rings is 2. The molecule has 5 nitrogen and oxygen atoms in total. The molecule has 0 fully saturated rings. The molecule has 0 aromatic heterocycles. The number of carbonyl (C=O) groups is 1. The molecule has 0 saturated carbocycles. The van der Waals surface area contributed by atoms with Crippen molar-refractivity contribution in [1.29, 1.82) is 0 Å². The number of hydrogen-bond acceptors (Lipinski definition) is 4. The average molecular weight is 407 g/mol. The van der Waals surface area contributed by atoms with Gasteiger partial charge in [-0.3, -0.25) is 14.9 Å². The second-order valence-corrected chi connectivity index (χ2v) is 7.50. The molecule has 0 aliphatic carbocycles. The van der Waals surface area contributed by atoms with E-state index in [1.165, 1.54) is 12.1 Å². The number of amides is 1. The lowest BCUT2D eigenvalue weighted by atomic mass is 10.1. The molecule has 7 heteroatoms. The third-order valence-corrected chi connectivity index (χ3v) is 5.42. The van der Waals surface area contributed by atoms with Crippen LogP contribution >= 0.6 is 27.7 Å². The first-order valence-corrected chi connectivity index (χ1v) is 9.28. The highest BCUT2D eigenvalue weighted by Gasteiger charge is 2.26. The van der Waals surface area contributed by atoms with Gasteiger partial charge in [0.2, 0.25) is 5.91 Å². The molecule has 1 aliphatic rings. The number of thioether (sulfide) groups is 1. The third-order valence-electron chi connectivity index (χ3n) is 3.87. The van der Waals surface area contributed by atoms with Gasteiger partial charge in [-0.25, -0.2) is 0 Å².